The van der Waals surface area contributed by atoms with E-state index in [1.807, 2.05) is 6.20 Å². The second kappa shape index (κ2) is 6.18. The van der Waals surface area contributed by atoms with E-state index in [1.165, 1.54) is 12.8 Å². The van der Waals surface area contributed by atoms with Gasteiger partial charge in [0.15, 0.2) is 0 Å². The quantitative estimate of drug-likeness (QED) is 0.845. The Morgan fingerprint density at radius 2 is 1.62 bits per heavy atom. The molecular formula is C20H26N6. The zero-order valence-electron chi connectivity index (χ0n) is 15.5. The molecule has 2 aliphatic heterocycles. The molecule has 0 spiro atoms. The minimum absolute atomic E-state index is 0.438. The van der Waals surface area contributed by atoms with Gasteiger partial charge in [0.05, 0.1) is 0 Å². The van der Waals surface area contributed by atoms with Crippen molar-refractivity contribution in [2.24, 2.45) is 11.8 Å². The third-order valence-electron chi connectivity index (χ3n) is 6.00. The zero-order chi connectivity index (χ0) is 17.7. The SMILES string of the molecule is CC(C)c1cc(N2CC3CN(c4ccnc(C5CC5)n4)CC3C2)ncn1. The lowest BCUT2D eigenvalue weighted by Crippen LogP contribution is -2.30. The minimum atomic E-state index is 0.438. The van der Waals surface area contributed by atoms with Crippen LogP contribution in [0.5, 0.6) is 0 Å². The number of hydrogen-bond acceptors (Lipinski definition) is 6. The summed E-state index contributed by atoms with van der Waals surface area (Å²) in [7, 11) is 0. The van der Waals surface area contributed by atoms with Crippen LogP contribution in [0.3, 0.4) is 0 Å². The highest BCUT2D eigenvalue weighted by molar-refractivity contribution is 5.45. The van der Waals surface area contributed by atoms with E-state index in [0.717, 1.165) is 49.3 Å². The fourth-order valence-electron chi connectivity index (χ4n) is 4.30. The minimum Gasteiger partial charge on any atom is -0.356 e. The largest absolute Gasteiger partial charge is 0.356 e. The van der Waals surface area contributed by atoms with Gasteiger partial charge < -0.3 is 9.80 Å². The van der Waals surface area contributed by atoms with Crippen molar-refractivity contribution >= 4 is 11.6 Å². The van der Waals surface area contributed by atoms with Crippen molar-refractivity contribution < 1.29 is 0 Å². The third-order valence-corrected chi connectivity index (χ3v) is 6.00. The van der Waals surface area contributed by atoms with E-state index < -0.39 is 0 Å². The van der Waals surface area contributed by atoms with Crippen molar-refractivity contribution in [2.45, 2.75) is 38.5 Å². The van der Waals surface area contributed by atoms with Gasteiger partial charge >= 0.3 is 0 Å². The van der Waals surface area contributed by atoms with Gasteiger partial charge in [-0.05, 0) is 24.8 Å². The first-order valence-corrected chi connectivity index (χ1v) is 9.82. The van der Waals surface area contributed by atoms with E-state index in [9.17, 15) is 0 Å². The van der Waals surface area contributed by atoms with Gasteiger partial charge in [-0.2, -0.15) is 0 Å². The highest BCUT2D eigenvalue weighted by Gasteiger charge is 2.41. The second-order valence-corrected chi connectivity index (χ2v) is 8.33. The number of aromatic nitrogens is 4. The summed E-state index contributed by atoms with van der Waals surface area (Å²) in [5.41, 5.74) is 1.13. The summed E-state index contributed by atoms with van der Waals surface area (Å²) in [6, 6.07) is 4.24. The van der Waals surface area contributed by atoms with Crippen molar-refractivity contribution in [2.75, 3.05) is 36.0 Å². The van der Waals surface area contributed by atoms with Crippen molar-refractivity contribution in [3.05, 3.63) is 36.2 Å². The molecule has 6 nitrogen and oxygen atoms in total. The lowest BCUT2D eigenvalue weighted by atomic mass is 10.0. The van der Waals surface area contributed by atoms with Gasteiger partial charge in [0.1, 0.15) is 23.8 Å². The molecule has 5 rings (SSSR count). The van der Waals surface area contributed by atoms with Crippen molar-refractivity contribution in [3.8, 4) is 0 Å². The molecule has 0 aromatic carbocycles. The van der Waals surface area contributed by atoms with Gasteiger partial charge in [0.25, 0.3) is 0 Å². The number of anilines is 2. The molecule has 3 aliphatic rings. The summed E-state index contributed by atoms with van der Waals surface area (Å²) in [5, 5.41) is 0. The van der Waals surface area contributed by atoms with E-state index in [0.29, 0.717) is 23.7 Å². The van der Waals surface area contributed by atoms with E-state index in [2.05, 4.69) is 50.7 Å². The van der Waals surface area contributed by atoms with Crippen LogP contribution in [0.25, 0.3) is 0 Å². The summed E-state index contributed by atoms with van der Waals surface area (Å²) < 4.78 is 0. The van der Waals surface area contributed by atoms with Crippen LogP contribution in [-0.2, 0) is 0 Å². The predicted molar refractivity (Wildman–Crippen MR) is 102 cm³/mol. The Balaban J connectivity index is 1.27. The Labute approximate surface area is 154 Å². The maximum Gasteiger partial charge on any atom is 0.133 e. The Kier molecular flexibility index (Phi) is 3.80. The molecule has 4 heterocycles. The van der Waals surface area contributed by atoms with Crippen molar-refractivity contribution in [1.82, 2.24) is 19.9 Å². The van der Waals surface area contributed by atoms with Crippen LogP contribution in [0.15, 0.2) is 24.7 Å². The van der Waals surface area contributed by atoms with Crippen LogP contribution < -0.4 is 9.80 Å². The first-order valence-electron chi connectivity index (χ1n) is 9.82. The highest BCUT2D eigenvalue weighted by Crippen LogP contribution is 2.39. The molecule has 1 aliphatic carbocycles. The Bertz CT molecular complexity index is 731. The lowest BCUT2D eigenvalue weighted by molar-refractivity contribution is 0.533. The molecule has 2 aromatic rings. The third kappa shape index (κ3) is 2.91. The molecular weight excluding hydrogens is 324 g/mol. The summed E-state index contributed by atoms with van der Waals surface area (Å²) in [4.78, 5) is 23.1. The number of hydrogen-bond donors (Lipinski definition) is 0. The molecule has 2 aromatic heterocycles. The molecule has 136 valence electrons. The fraction of sp³-hybridized carbons (Fsp3) is 0.600. The highest BCUT2D eigenvalue weighted by atomic mass is 15.3. The summed E-state index contributed by atoms with van der Waals surface area (Å²) in [6.07, 6.45) is 6.15. The summed E-state index contributed by atoms with van der Waals surface area (Å²) in [6.45, 7) is 8.70. The zero-order valence-corrected chi connectivity index (χ0v) is 15.5. The van der Waals surface area contributed by atoms with Crippen LogP contribution in [0.2, 0.25) is 0 Å². The smallest absolute Gasteiger partial charge is 0.133 e. The average Bonchev–Trinajstić information content (AvgIpc) is 3.32. The predicted octanol–water partition coefficient (Wildman–Crippen LogP) is 2.84. The van der Waals surface area contributed by atoms with Gasteiger partial charge in [-0.15, -0.1) is 0 Å². The average molecular weight is 350 g/mol. The van der Waals surface area contributed by atoms with Gasteiger partial charge in [0.2, 0.25) is 0 Å². The van der Waals surface area contributed by atoms with E-state index in [1.54, 1.807) is 6.33 Å². The topological polar surface area (TPSA) is 58.0 Å². The monoisotopic (exact) mass is 350 g/mol. The number of nitrogens with zero attached hydrogens (tertiary/aromatic N) is 6. The Morgan fingerprint density at radius 1 is 0.923 bits per heavy atom. The first kappa shape index (κ1) is 16.0. The number of rotatable bonds is 4. The molecule has 26 heavy (non-hydrogen) atoms. The molecule has 6 heteroatoms. The molecule has 0 bridgehead atoms. The van der Waals surface area contributed by atoms with Crippen molar-refractivity contribution in [1.29, 1.82) is 0 Å². The van der Waals surface area contributed by atoms with Gasteiger partial charge in [-0.3, -0.25) is 0 Å². The van der Waals surface area contributed by atoms with E-state index in [-0.39, 0.29) is 0 Å². The normalized spacial score (nSPS) is 25.2. The maximum atomic E-state index is 4.83. The molecule has 0 amide bonds. The van der Waals surface area contributed by atoms with E-state index >= 15 is 0 Å². The molecule has 1 saturated carbocycles. The summed E-state index contributed by atoms with van der Waals surface area (Å²) in [5.74, 6) is 5.67. The molecule has 3 fully saturated rings. The lowest BCUT2D eigenvalue weighted by Gasteiger charge is -2.23. The Morgan fingerprint density at radius 3 is 2.27 bits per heavy atom. The molecule has 2 saturated heterocycles. The molecule has 0 radical (unpaired) electrons. The van der Waals surface area contributed by atoms with Crippen LogP contribution in [0.1, 0.15) is 50.0 Å². The first-order chi connectivity index (χ1) is 12.7. The van der Waals surface area contributed by atoms with Gasteiger partial charge in [0, 0.05) is 61.9 Å². The second-order valence-electron chi connectivity index (χ2n) is 8.33. The fourth-order valence-corrected chi connectivity index (χ4v) is 4.30. The molecule has 2 atom stereocenters. The van der Waals surface area contributed by atoms with Crippen LogP contribution in [0, 0.1) is 11.8 Å². The summed E-state index contributed by atoms with van der Waals surface area (Å²) >= 11 is 0. The Hall–Kier alpha value is -2.24. The molecule has 2 unspecified atom stereocenters. The maximum absolute atomic E-state index is 4.83. The van der Waals surface area contributed by atoms with Crippen LogP contribution in [-0.4, -0.2) is 46.1 Å². The van der Waals surface area contributed by atoms with E-state index in [4.69, 9.17) is 4.98 Å². The number of fused-ring (bicyclic) bond motifs is 1. The van der Waals surface area contributed by atoms with Crippen molar-refractivity contribution in [3.63, 3.8) is 0 Å². The molecule has 0 N–H and O–H groups in total. The van der Waals surface area contributed by atoms with Gasteiger partial charge in [-0.25, -0.2) is 19.9 Å². The van der Waals surface area contributed by atoms with Crippen LogP contribution in [0.4, 0.5) is 11.6 Å². The van der Waals surface area contributed by atoms with Crippen LogP contribution >= 0.6 is 0 Å². The van der Waals surface area contributed by atoms with Gasteiger partial charge in [-0.1, -0.05) is 13.8 Å². The standard InChI is InChI=1S/C20H26N6/c1-13(2)17-7-19(23-12-22-17)26-10-15-8-25(9-16(15)11-26)18-5-6-21-20(24-18)14-3-4-14/h5-7,12-16H,3-4,8-11H2,1-2H3.